The minimum Gasteiger partial charge on any atom is -0.309 e. The molecule has 10 rings (SSSR count). The molecule has 0 aliphatic heterocycles. The Bertz CT molecular complexity index is 2800. The fraction of sp³-hybridized carbons (Fsp3) is 0. The van der Waals surface area contributed by atoms with Crippen molar-refractivity contribution in [3.05, 3.63) is 194 Å². The Labute approximate surface area is 306 Å². The van der Waals surface area contributed by atoms with Gasteiger partial charge in [-0.1, -0.05) is 158 Å². The summed E-state index contributed by atoms with van der Waals surface area (Å²) in [6.45, 7) is 0. The van der Waals surface area contributed by atoms with Crippen LogP contribution in [0, 0.1) is 0 Å². The summed E-state index contributed by atoms with van der Waals surface area (Å²) in [4.78, 5) is 6.48. The number of benzene rings is 7. The number of hydrogen-bond donors (Lipinski definition) is 0. The number of aromatic nitrogens is 2. The minimum absolute atomic E-state index is 0.955. The molecule has 10 aromatic rings. The lowest BCUT2D eigenvalue weighted by atomic mass is 9.98. The van der Waals surface area contributed by atoms with E-state index in [4.69, 9.17) is 4.98 Å². The van der Waals surface area contributed by atoms with Crippen molar-refractivity contribution in [3.8, 4) is 60.9 Å². The highest BCUT2D eigenvalue weighted by atomic mass is 32.1. The zero-order valence-corrected chi connectivity index (χ0v) is 29.1. The van der Waals surface area contributed by atoms with Gasteiger partial charge in [0.05, 0.1) is 22.4 Å². The maximum atomic E-state index is 5.18. The van der Waals surface area contributed by atoms with Gasteiger partial charge < -0.3 is 4.57 Å². The number of nitrogens with zero attached hydrogens (tertiary/aromatic N) is 2. The average Bonchev–Trinajstić information content (AvgIpc) is 3.78. The highest BCUT2D eigenvalue weighted by Crippen LogP contribution is 2.49. The summed E-state index contributed by atoms with van der Waals surface area (Å²) in [5.74, 6) is 0. The van der Waals surface area contributed by atoms with Gasteiger partial charge >= 0.3 is 0 Å². The molecule has 0 atom stereocenters. The molecule has 0 spiro atoms. The number of fused-ring (bicyclic) bond motifs is 5. The van der Waals surface area contributed by atoms with Gasteiger partial charge in [-0.3, -0.25) is 0 Å². The van der Waals surface area contributed by atoms with Crippen LogP contribution in [-0.2, 0) is 0 Å². The molecule has 0 N–H and O–H groups in total. The second-order valence-electron chi connectivity index (χ2n) is 13.1. The lowest BCUT2D eigenvalue weighted by molar-refractivity contribution is 1.18. The molecule has 244 valence electrons. The summed E-state index contributed by atoms with van der Waals surface area (Å²) in [7, 11) is 0. The van der Waals surface area contributed by atoms with Gasteiger partial charge in [-0.05, 0) is 58.7 Å². The van der Waals surface area contributed by atoms with Crippen LogP contribution in [0.5, 0.6) is 0 Å². The van der Waals surface area contributed by atoms with Crippen molar-refractivity contribution < 1.29 is 0 Å². The normalized spacial score (nSPS) is 11.5. The number of thiophene rings is 1. The van der Waals surface area contributed by atoms with Crippen LogP contribution in [0.2, 0.25) is 0 Å². The maximum absolute atomic E-state index is 5.18. The predicted octanol–water partition coefficient (Wildman–Crippen LogP) is 13.7. The Morgan fingerprint density at radius 1 is 0.385 bits per heavy atom. The van der Waals surface area contributed by atoms with Crippen LogP contribution in [0.1, 0.15) is 0 Å². The molecule has 0 aliphatic carbocycles. The van der Waals surface area contributed by atoms with Crippen LogP contribution in [0.4, 0.5) is 0 Å². The van der Waals surface area contributed by atoms with Crippen LogP contribution in [0.15, 0.2) is 194 Å². The third-order valence-electron chi connectivity index (χ3n) is 10.0. The predicted molar refractivity (Wildman–Crippen MR) is 221 cm³/mol. The number of para-hydroxylation sites is 1. The third-order valence-corrected chi connectivity index (χ3v) is 11.3. The molecule has 3 aromatic heterocycles. The van der Waals surface area contributed by atoms with Crippen molar-refractivity contribution >= 4 is 43.2 Å². The molecule has 0 radical (unpaired) electrons. The van der Waals surface area contributed by atoms with Gasteiger partial charge in [-0.25, -0.2) is 4.98 Å². The summed E-state index contributed by atoms with van der Waals surface area (Å²) in [6.07, 6.45) is 0. The van der Waals surface area contributed by atoms with E-state index in [2.05, 4.69) is 193 Å². The highest BCUT2D eigenvalue weighted by molar-refractivity contribution is 7.24. The lowest BCUT2D eigenvalue weighted by Gasteiger charge is -2.12. The van der Waals surface area contributed by atoms with Crippen molar-refractivity contribution in [2.45, 2.75) is 0 Å². The van der Waals surface area contributed by atoms with E-state index in [9.17, 15) is 0 Å². The largest absolute Gasteiger partial charge is 0.309 e. The van der Waals surface area contributed by atoms with Crippen LogP contribution in [0.25, 0.3) is 92.8 Å². The molecular weight excluding hydrogens is 649 g/mol. The highest BCUT2D eigenvalue weighted by Gasteiger charge is 2.21. The molecule has 0 bridgehead atoms. The standard InChI is InChI=1S/C49H32N2S/c1-5-15-33(16-6-1)38-31-42(34-17-7-2-8-18-34)50-43(32-38)35-25-27-39(28-26-35)51-44-24-14-13-23-40(44)47-45(51)30-29-41-46(36-19-9-3-10-20-36)48(52-49(41)47)37-21-11-4-12-22-37/h1-32H. The second-order valence-corrected chi connectivity index (χ2v) is 14.2. The van der Waals surface area contributed by atoms with Crippen LogP contribution < -0.4 is 0 Å². The molecule has 0 amide bonds. The fourth-order valence-corrected chi connectivity index (χ4v) is 8.97. The van der Waals surface area contributed by atoms with E-state index < -0.39 is 0 Å². The third kappa shape index (κ3) is 5.14. The zero-order valence-electron chi connectivity index (χ0n) is 28.3. The molecule has 2 nitrogen and oxygen atoms in total. The summed E-state index contributed by atoms with van der Waals surface area (Å²) >= 11 is 1.90. The molecule has 0 unspecified atom stereocenters. The Hall–Kier alpha value is -6.55. The van der Waals surface area contributed by atoms with E-state index >= 15 is 0 Å². The van der Waals surface area contributed by atoms with E-state index in [0.29, 0.717) is 0 Å². The first-order valence-corrected chi connectivity index (χ1v) is 18.4. The SMILES string of the molecule is c1ccc(-c2cc(-c3ccccc3)nc(-c3ccc(-n4c5ccccc5c5c6sc(-c7ccccc7)c(-c7ccccc7)c6ccc54)cc3)c2)cc1. The van der Waals surface area contributed by atoms with E-state index in [1.165, 1.54) is 59.0 Å². The zero-order chi connectivity index (χ0) is 34.4. The Kier molecular flexibility index (Phi) is 7.37. The molecule has 7 aromatic carbocycles. The van der Waals surface area contributed by atoms with Gasteiger partial charge in [-0.2, -0.15) is 0 Å². The van der Waals surface area contributed by atoms with Gasteiger partial charge in [0, 0.05) is 48.1 Å². The first-order valence-electron chi connectivity index (χ1n) is 17.6. The van der Waals surface area contributed by atoms with Crippen molar-refractivity contribution in [3.63, 3.8) is 0 Å². The summed E-state index contributed by atoms with van der Waals surface area (Å²) in [6, 6.07) is 69.4. The molecule has 0 aliphatic rings. The monoisotopic (exact) mass is 680 g/mol. The Morgan fingerprint density at radius 3 is 1.58 bits per heavy atom. The maximum Gasteiger partial charge on any atom is 0.0715 e. The van der Waals surface area contributed by atoms with Crippen molar-refractivity contribution in [2.24, 2.45) is 0 Å². The molecule has 52 heavy (non-hydrogen) atoms. The topological polar surface area (TPSA) is 17.8 Å². The van der Waals surface area contributed by atoms with Gasteiger partial charge in [0.25, 0.3) is 0 Å². The number of hydrogen-bond acceptors (Lipinski definition) is 2. The van der Waals surface area contributed by atoms with E-state index in [1.807, 2.05) is 17.4 Å². The van der Waals surface area contributed by atoms with Crippen LogP contribution in [0.3, 0.4) is 0 Å². The summed E-state index contributed by atoms with van der Waals surface area (Å²) < 4.78 is 3.73. The van der Waals surface area contributed by atoms with Gasteiger partial charge in [0.2, 0.25) is 0 Å². The van der Waals surface area contributed by atoms with Crippen molar-refractivity contribution in [1.82, 2.24) is 9.55 Å². The lowest BCUT2D eigenvalue weighted by Crippen LogP contribution is -1.95. The number of pyridine rings is 1. The van der Waals surface area contributed by atoms with E-state index in [-0.39, 0.29) is 0 Å². The molecule has 0 fully saturated rings. The molecule has 3 heteroatoms. The quantitative estimate of drug-likeness (QED) is 0.171. The van der Waals surface area contributed by atoms with Crippen molar-refractivity contribution in [1.29, 1.82) is 0 Å². The van der Waals surface area contributed by atoms with Gasteiger partial charge in [-0.15, -0.1) is 11.3 Å². The summed E-state index contributed by atoms with van der Waals surface area (Å²) in [5, 5.41) is 3.85. The molecule has 0 saturated carbocycles. The van der Waals surface area contributed by atoms with Gasteiger partial charge in [0.15, 0.2) is 0 Å². The fourth-order valence-electron chi connectivity index (χ4n) is 7.58. The second kappa shape index (κ2) is 12.6. The number of rotatable bonds is 6. The van der Waals surface area contributed by atoms with Crippen LogP contribution >= 0.6 is 11.3 Å². The summed E-state index contributed by atoms with van der Waals surface area (Å²) in [5.41, 5.74) is 13.8. The minimum atomic E-state index is 0.955. The molecule has 3 heterocycles. The van der Waals surface area contributed by atoms with E-state index in [0.717, 1.165) is 33.8 Å². The first-order chi connectivity index (χ1) is 25.8. The first kappa shape index (κ1) is 30.3. The van der Waals surface area contributed by atoms with Gasteiger partial charge in [0.1, 0.15) is 0 Å². The Morgan fingerprint density at radius 2 is 0.923 bits per heavy atom. The van der Waals surface area contributed by atoms with Crippen LogP contribution in [-0.4, -0.2) is 9.55 Å². The van der Waals surface area contributed by atoms with Crippen molar-refractivity contribution in [2.75, 3.05) is 0 Å². The smallest absolute Gasteiger partial charge is 0.0715 e. The average molecular weight is 681 g/mol. The molecular formula is C49H32N2S. The Balaban J connectivity index is 1.15. The molecule has 0 saturated heterocycles. The van der Waals surface area contributed by atoms with E-state index in [1.54, 1.807) is 0 Å².